The van der Waals surface area contributed by atoms with Gasteiger partial charge in [0.1, 0.15) is 5.52 Å². The molecule has 0 bridgehead atoms. The van der Waals surface area contributed by atoms with Crippen LogP contribution in [0.4, 0.5) is 0 Å². The number of nitrogens with one attached hydrogen (secondary N) is 1. The van der Waals surface area contributed by atoms with Crippen LogP contribution in [-0.4, -0.2) is 15.0 Å². The molecular weight excluding hydrogens is 222 g/mol. The normalized spacial score (nSPS) is 10.8. The van der Waals surface area contributed by atoms with Crippen LogP contribution in [0.3, 0.4) is 0 Å². The Hall–Kier alpha value is -1.87. The molecule has 0 aliphatic heterocycles. The molecule has 0 spiro atoms. The molecule has 2 aromatic heterocycles. The summed E-state index contributed by atoms with van der Waals surface area (Å²) in [6.45, 7) is 0. The maximum absolute atomic E-state index is 6.07. The van der Waals surface area contributed by atoms with E-state index in [1.54, 1.807) is 6.20 Å². The summed E-state index contributed by atoms with van der Waals surface area (Å²) in [5, 5.41) is 0.453. The summed E-state index contributed by atoms with van der Waals surface area (Å²) in [5.74, 6) is 0.651. The molecule has 2 heterocycles. The molecular formula is C12H8ClN3. The van der Waals surface area contributed by atoms with Crippen LogP contribution < -0.4 is 0 Å². The number of H-pyrrole nitrogens is 1. The van der Waals surface area contributed by atoms with E-state index in [2.05, 4.69) is 15.0 Å². The van der Waals surface area contributed by atoms with Crippen molar-refractivity contribution in [2.45, 2.75) is 0 Å². The standard InChI is InChI=1S/C12H8ClN3/c13-11-10-9(6-7-14-10)15-12(16-11)8-4-2-1-3-5-8/h1-7,14H. The molecule has 0 amide bonds. The van der Waals surface area contributed by atoms with Gasteiger partial charge in [-0.1, -0.05) is 41.9 Å². The van der Waals surface area contributed by atoms with E-state index in [1.165, 1.54) is 0 Å². The van der Waals surface area contributed by atoms with Crippen LogP contribution in [0.2, 0.25) is 5.15 Å². The molecule has 0 atom stereocenters. The number of halogens is 1. The van der Waals surface area contributed by atoms with E-state index in [0.29, 0.717) is 11.0 Å². The van der Waals surface area contributed by atoms with Crippen molar-refractivity contribution < 1.29 is 0 Å². The summed E-state index contributed by atoms with van der Waals surface area (Å²) in [6, 6.07) is 11.7. The molecule has 0 unspecified atom stereocenters. The average Bonchev–Trinajstić information content (AvgIpc) is 2.79. The van der Waals surface area contributed by atoms with Gasteiger partial charge in [0.15, 0.2) is 11.0 Å². The van der Waals surface area contributed by atoms with E-state index in [9.17, 15) is 0 Å². The lowest BCUT2D eigenvalue weighted by Crippen LogP contribution is -1.90. The second-order valence-corrected chi connectivity index (χ2v) is 3.80. The summed E-state index contributed by atoms with van der Waals surface area (Å²) in [5.41, 5.74) is 2.58. The van der Waals surface area contributed by atoms with Gasteiger partial charge >= 0.3 is 0 Å². The van der Waals surface area contributed by atoms with E-state index in [4.69, 9.17) is 11.6 Å². The zero-order chi connectivity index (χ0) is 11.0. The Labute approximate surface area is 97.1 Å². The van der Waals surface area contributed by atoms with Crippen molar-refractivity contribution in [3.8, 4) is 11.4 Å². The van der Waals surface area contributed by atoms with E-state index in [1.807, 2.05) is 36.4 Å². The van der Waals surface area contributed by atoms with Crippen molar-refractivity contribution in [3.63, 3.8) is 0 Å². The molecule has 0 radical (unpaired) electrons. The summed E-state index contributed by atoms with van der Waals surface area (Å²) in [6.07, 6.45) is 1.81. The van der Waals surface area contributed by atoms with Crippen LogP contribution in [0.15, 0.2) is 42.6 Å². The molecule has 0 saturated carbocycles. The molecule has 3 nitrogen and oxygen atoms in total. The van der Waals surface area contributed by atoms with Crippen molar-refractivity contribution in [3.05, 3.63) is 47.7 Å². The summed E-state index contributed by atoms with van der Waals surface area (Å²) in [4.78, 5) is 11.7. The summed E-state index contributed by atoms with van der Waals surface area (Å²) < 4.78 is 0. The Bertz CT molecular complexity index is 631. The minimum atomic E-state index is 0.453. The molecule has 0 saturated heterocycles. The van der Waals surface area contributed by atoms with Gasteiger partial charge in [-0.15, -0.1) is 0 Å². The lowest BCUT2D eigenvalue weighted by atomic mass is 10.2. The van der Waals surface area contributed by atoms with Gasteiger partial charge in [0.2, 0.25) is 0 Å². The molecule has 4 heteroatoms. The Morgan fingerprint density at radius 3 is 2.62 bits per heavy atom. The highest BCUT2D eigenvalue weighted by Gasteiger charge is 2.07. The molecule has 1 N–H and O–H groups in total. The zero-order valence-corrected chi connectivity index (χ0v) is 9.07. The molecule has 16 heavy (non-hydrogen) atoms. The van der Waals surface area contributed by atoms with Gasteiger partial charge < -0.3 is 4.98 Å². The highest BCUT2D eigenvalue weighted by molar-refractivity contribution is 6.33. The number of aromatic amines is 1. The van der Waals surface area contributed by atoms with E-state index < -0.39 is 0 Å². The minimum Gasteiger partial charge on any atom is -0.357 e. The first-order valence-electron chi connectivity index (χ1n) is 4.90. The van der Waals surface area contributed by atoms with Crippen molar-refractivity contribution in [2.75, 3.05) is 0 Å². The number of fused-ring (bicyclic) bond motifs is 1. The Balaban J connectivity index is 2.25. The number of nitrogens with zero attached hydrogens (tertiary/aromatic N) is 2. The van der Waals surface area contributed by atoms with E-state index in [-0.39, 0.29) is 0 Å². The third kappa shape index (κ3) is 1.46. The fourth-order valence-corrected chi connectivity index (χ4v) is 1.86. The molecule has 1 aromatic carbocycles. The fourth-order valence-electron chi connectivity index (χ4n) is 1.62. The predicted octanol–water partition coefficient (Wildman–Crippen LogP) is 3.28. The SMILES string of the molecule is Clc1nc(-c2ccccc2)nc2cc[nH]c12. The van der Waals surface area contributed by atoms with Crippen molar-refractivity contribution >= 4 is 22.6 Å². The van der Waals surface area contributed by atoms with Gasteiger partial charge in [-0.25, -0.2) is 9.97 Å². The number of hydrogen-bond acceptors (Lipinski definition) is 2. The molecule has 0 aliphatic rings. The Morgan fingerprint density at radius 2 is 1.81 bits per heavy atom. The minimum absolute atomic E-state index is 0.453. The van der Waals surface area contributed by atoms with Crippen LogP contribution in [0.5, 0.6) is 0 Å². The number of aromatic nitrogens is 3. The molecule has 3 rings (SSSR count). The number of rotatable bonds is 1. The Kier molecular flexibility index (Phi) is 2.11. The second kappa shape index (κ2) is 3.61. The van der Waals surface area contributed by atoms with Crippen LogP contribution in [0.1, 0.15) is 0 Å². The lowest BCUT2D eigenvalue weighted by Gasteiger charge is -2.01. The fraction of sp³-hybridized carbons (Fsp3) is 0. The predicted molar refractivity (Wildman–Crippen MR) is 64.3 cm³/mol. The van der Waals surface area contributed by atoms with Crippen LogP contribution in [0.25, 0.3) is 22.4 Å². The average molecular weight is 230 g/mol. The number of hydrogen-bond donors (Lipinski definition) is 1. The highest BCUT2D eigenvalue weighted by atomic mass is 35.5. The third-order valence-electron chi connectivity index (χ3n) is 2.39. The van der Waals surface area contributed by atoms with Gasteiger partial charge in [0.25, 0.3) is 0 Å². The van der Waals surface area contributed by atoms with Gasteiger partial charge in [-0.3, -0.25) is 0 Å². The van der Waals surface area contributed by atoms with Crippen molar-refractivity contribution in [1.29, 1.82) is 0 Å². The number of benzene rings is 1. The first-order valence-corrected chi connectivity index (χ1v) is 5.28. The lowest BCUT2D eigenvalue weighted by molar-refractivity contribution is 1.22. The van der Waals surface area contributed by atoms with E-state index in [0.717, 1.165) is 16.6 Å². The Morgan fingerprint density at radius 1 is 1.00 bits per heavy atom. The van der Waals surface area contributed by atoms with Gasteiger partial charge in [-0.05, 0) is 6.07 Å². The maximum atomic E-state index is 6.07. The molecule has 0 aliphatic carbocycles. The third-order valence-corrected chi connectivity index (χ3v) is 2.67. The maximum Gasteiger partial charge on any atom is 0.161 e. The van der Waals surface area contributed by atoms with Crippen LogP contribution >= 0.6 is 11.6 Å². The quantitative estimate of drug-likeness (QED) is 0.651. The highest BCUT2D eigenvalue weighted by Crippen LogP contribution is 2.23. The molecule has 0 fully saturated rings. The first-order chi connectivity index (χ1) is 7.84. The van der Waals surface area contributed by atoms with Gasteiger partial charge in [0.05, 0.1) is 5.52 Å². The monoisotopic (exact) mass is 229 g/mol. The van der Waals surface area contributed by atoms with E-state index >= 15 is 0 Å². The van der Waals surface area contributed by atoms with Crippen LogP contribution in [0, 0.1) is 0 Å². The van der Waals surface area contributed by atoms with Gasteiger partial charge in [-0.2, -0.15) is 0 Å². The summed E-state index contributed by atoms with van der Waals surface area (Å²) >= 11 is 6.07. The second-order valence-electron chi connectivity index (χ2n) is 3.44. The first kappa shape index (κ1) is 9.36. The largest absolute Gasteiger partial charge is 0.357 e. The van der Waals surface area contributed by atoms with Crippen LogP contribution in [-0.2, 0) is 0 Å². The smallest absolute Gasteiger partial charge is 0.161 e. The molecule has 3 aromatic rings. The molecule has 78 valence electrons. The van der Waals surface area contributed by atoms with Crippen molar-refractivity contribution in [2.24, 2.45) is 0 Å². The summed E-state index contributed by atoms with van der Waals surface area (Å²) in [7, 11) is 0. The zero-order valence-electron chi connectivity index (χ0n) is 8.31. The van der Waals surface area contributed by atoms with Crippen molar-refractivity contribution in [1.82, 2.24) is 15.0 Å². The topological polar surface area (TPSA) is 41.6 Å². The van der Waals surface area contributed by atoms with Gasteiger partial charge in [0, 0.05) is 11.8 Å².